The van der Waals surface area contributed by atoms with Crippen molar-refractivity contribution < 1.29 is 8.42 Å². The zero-order valence-corrected chi connectivity index (χ0v) is 11.9. The molecule has 0 spiro atoms. The molecule has 7 nitrogen and oxygen atoms in total. The minimum Gasteiger partial charge on any atom is -0.330 e. The summed E-state index contributed by atoms with van der Waals surface area (Å²) in [5.41, 5.74) is 6.44. The van der Waals surface area contributed by atoms with E-state index >= 15 is 0 Å². The Kier molecular flexibility index (Phi) is 4.56. The van der Waals surface area contributed by atoms with Gasteiger partial charge in [-0.2, -0.15) is 22.5 Å². The van der Waals surface area contributed by atoms with E-state index in [9.17, 15) is 8.42 Å². The fourth-order valence-corrected chi connectivity index (χ4v) is 3.42. The first-order valence-corrected chi connectivity index (χ1v) is 7.88. The zero-order valence-electron chi connectivity index (χ0n) is 11.1. The van der Waals surface area contributed by atoms with Crippen molar-refractivity contribution in [2.75, 3.05) is 19.6 Å². The SMILES string of the molecule is Cn1nccc1CNS(=O)(=O)N1CCC(CN)CC1. The molecule has 1 aromatic heterocycles. The Balaban J connectivity index is 1.90. The first-order valence-electron chi connectivity index (χ1n) is 6.44. The van der Waals surface area contributed by atoms with E-state index in [4.69, 9.17) is 5.73 Å². The Morgan fingerprint density at radius 2 is 2.16 bits per heavy atom. The Hall–Kier alpha value is -0.960. The van der Waals surface area contributed by atoms with Crippen LogP contribution >= 0.6 is 0 Å². The Morgan fingerprint density at radius 1 is 1.47 bits per heavy atom. The normalized spacial score (nSPS) is 18.8. The van der Waals surface area contributed by atoms with Gasteiger partial charge in [0, 0.05) is 26.3 Å². The van der Waals surface area contributed by atoms with Gasteiger partial charge in [-0.05, 0) is 31.4 Å². The summed E-state index contributed by atoms with van der Waals surface area (Å²) in [5, 5.41) is 4.01. The Bertz CT molecular complexity index is 505. The van der Waals surface area contributed by atoms with Crippen molar-refractivity contribution in [2.45, 2.75) is 19.4 Å². The topological polar surface area (TPSA) is 93.2 Å². The van der Waals surface area contributed by atoms with Crippen LogP contribution in [0.3, 0.4) is 0 Å². The van der Waals surface area contributed by atoms with Gasteiger partial charge in [0.25, 0.3) is 10.2 Å². The number of nitrogens with two attached hydrogens (primary N) is 1. The van der Waals surface area contributed by atoms with Crippen molar-refractivity contribution in [3.05, 3.63) is 18.0 Å². The maximum absolute atomic E-state index is 12.1. The molecule has 0 aliphatic carbocycles. The molecular weight excluding hydrogens is 266 g/mol. The molecule has 3 N–H and O–H groups in total. The number of piperidine rings is 1. The molecular formula is C11H21N5O2S. The second-order valence-corrected chi connectivity index (χ2v) is 6.61. The molecule has 0 amide bonds. The number of nitrogens with one attached hydrogen (secondary N) is 1. The van der Waals surface area contributed by atoms with Crippen LogP contribution in [-0.4, -0.2) is 42.1 Å². The highest BCUT2D eigenvalue weighted by Crippen LogP contribution is 2.17. The van der Waals surface area contributed by atoms with Gasteiger partial charge in [-0.25, -0.2) is 0 Å². The molecule has 2 heterocycles. The average Bonchev–Trinajstić information content (AvgIpc) is 2.82. The molecule has 0 saturated carbocycles. The molecule has 0 radical (unpaired) electrons. The molecule has 0 bridgehead atoms. The lowest BCUT2D eigenvalue weighted by molar-refractivity contribution is 0.275. The summed E-state index contributed by atoms with van der Waals surface area (Å²) >= 11 is 0. The molecule has 1 aliphatic heterocycles. The number of hydrogen-bond acceptors (Lipinski definition) is 4. The van der Waals surface area contributed by atoms with E-state index in [1.54, 1.807) is 24.0 Å². The van der Waals surface area contributed by atoms with E-state index < -0.39 is 10.2 Å². The van der Waals surface area contributed by atoms with Gasteiger partial charge in [0.15, 0.2) is 0 Å². The van der Waals surface area contributed by atoms with Gasteiger partial charge < -0.3 is 5.73 Å². The minimum atomic E-state index is -3.41. The molecule has 1 aromatic rings. The van der Waals surface area contributed by atoms with E-state index in [0.717, 1.165) is 18.5 Å². The second kappa shape index (κ2) is 6.00. The van der Waals surface area contributed by atoms with Crippen molar-refractivity contribution in [2.24, 2.45) is 18.7 Å². The Labute approximate surface area is 113 Å². The number of rotatable bonds is 5. The average molecular weight is 287 g/mol. The molecule has 1 aliphatic rings. The van der Waals surface area contributed by atoms with Crippen molar-refractivity contribution >= 4 is 10.2 Å². The quantitative estimate of drug-likeness (QED) is 0.758. The van der Waals surface area contributed by atoms with Gasteiger partial charge in [-0.15, -0.1) is 0 Å². The first kappa shape index (κ1) is 14.4. The van der Waals surface area contributed by atoms with E-state index in [1.165, 1.54) is 4.31 Å². The predicted molar refractivity (Wildman–Crippen MR) is 72.3 cm³/mol. The summed E-state index contributed by atoms with van der Waals surface area (Å²) < 4.78 is 30.0. The molecule has 0 aromatic carbocycles. The third kappa shape index (κ3) is 3.53. The lowest BCUT2D eigenvalue weighted by atomic mass is 9.99. The highest BCUT2D eigenvalue weighted by Gasteiger charge is 2.27. The molecule has 0 unspecified atom stereocenters. The maximum Gasteiger partial charge on any atom is 0.279 e. The van der Waals surface area contributed by atoms with Crippen LogP contribution in [0.15, 0.2) is 12.3 Å². The van der Waals surface area contributed by atoms with Gasteiger partial charge in [-0.3, -0.25) is 4.68 Å². The van der Waals surface area contributed by atoms with Crippen LogP contribution in [0, 0.1) is 5.92 Å². The van der Waals surface area contributed by atoms with Gasteiger partial charge in [0.2, 0.25) is 0 Å². The fourth-order valence-electron chi connectivity index (χ4n) is 2.22. The minimum absolute atomic E-state index is 0.260. The summed E-state index contributed by atoms with van der Waals surface area (Å²) in [6, 6.07) is 1.79. The van der Waals surface area contributed by atoms with E-state index in [2.05, 4.69) is 9.82 Å². The van der Waals surface area contributed by atoms with Crippen LogP contribution < -0.4 is 10.5 Å². The van der Waals surface area contributed by atoms with E-state index in [1.807, 2.05) is 0 Å². The van der Waals surface area contributed by atoms with E-state index in [0.29, 0.717) is 25.6 Å². The highest BCUT2D eigenvalue weighted by molar-refractivity contribution is 7.87. The van der Waals surface area contributed by atoms with Crippen molar-refractivity contribution in [3.8, 4) is 0 Å². The predicted octanol–water partition coefficient (Wildman–Crippen LogP) is -0.575. The van der Waals surface area contributed by atoms with Crippen LogP contribution in [0.2, 0.25) is 0 Å². The van der Waals surface area contributed by atoms with Gasteiger partial charge in [-0.1, -0.05) is 0 Å². The van der Waals surface area contributed by atoms with Crippen LogP contribution in [0.4, 0.5) is 0 Å². The summed E-state index contributed by atoms with van der Waals surface area (Å²) in [6.07, 6.45) is 3.32. The summed E-state index contributed by atoms with van der Waals surface area (Å²) in [5.74, 6) is 0.448. The summed E-state index contributed by atoms with van der Waals surface area (Å²) in [7, 11) is -1.62. The molecule has 108 valence electrons. The highest BCUT2D eigenvalue weighted by atomic mass is 32.2. The fraction of sp³-hybridized carbons (Fsp3) is 0.727. The Morgan fingerprint density at radius 3 is 2.68 bits per heavy atom. The van der Waals surface area contributed by atoms with Crippen LogP contribution in [0.25, 0.3) is 0 Å². The molecule has 0 atom stereocenters. The summed E-state index contributed by atoms with van der Waals surface area (Å²) in [6.45, 7) is 1.98. The smallest absolute Gasteiger partial charge is 0.279 e. The first-order chi connectivity index (χ1) is 9.03. The van der Waals surface area contributed by atoms with Crippen molar-refractivity contribution in [1.29, 1.82) is 0 Å². The largest absolute Gasteiger partial charge is 0.330 e. The lowest BCUT2D eigenvalue weighted by Gasteiger charge is -2.30. The van der Waals surface area contributed by atoms with Gasteiger partial charge >= 0.3 is 0 Å². The molecule has 2 rings (SSSR count). The van der Waals surface area contributed by atoms with Crippen LogP contribution in [0.5, 0.6) is 0 Å². The van der Waals surface area contributed by atoms with Gasteiger partial charge in [0.05, 0.1) is 12.2 Å². The van der Waals surface area contributed by atoms with Gasteiger partial charge in [0.1, 0.15) is 0 Å². The third-order valence-electron chi connectivity index (χ3n) is 3.60. The zero-order chi connectivity index (χ0) is 13.9. The number of hydrogen-bond donors (Lipinski definition) is 2. The number of aryl methyl sites for hydroxylation is 1. The molecule has 1 saturated heterocycles. The van der Waals surface area contributed by atoms with Crippen molar-refractivity contribution in [1.82, 2.24) is 18.8 Å². The number of nitrogens with zero attached hydrogens (tertiary/aromatic N) is 3. The van der Waals surface area contributed by atoms with Crippen LogP contribution in [-0.2, 0) is 23.8 Å². The lowest BCUT2D eigenvalue weighted by Crippen LogP contribution is -2.45. The molecule has 8 heteroatoms. The van der Waals surface area contributed by atoms with Crippen LogP contribution in [0.1, 0.15) is 18.5 Å². The summed E-state index contributed by atoms with van der Waals surface area (Å²) in [4.78, 5) is 0. The molecule has 1 fully saturated rings. The number of aromatic nitrogens is 2. The molecule has 19 heavy (non-hydrogen) atoms. The van der Waals surface area contributed by atoms with E-state index in [-0.39, 0.29) is 6.54 Å². The maximum atomic E-state index is 12.1. The monoisotopic (exact) mass is 287 g/mol. The van der Waals surface area contributed by atoms with Crippen molar-refractivity contribution in [3.63, 3.8) is 0 Å². The third-order valence-corrected chi connectivity index (χ3v) is 5.16. The second-order valence-electron chi connectivity index (χ2n) is 4.85. The standard InChI is InChI=1S/C11H21N5O2S/c1-15-11(2-5-13-15)9-14-19(17,18)16-6-3-10(8-12)4-7-16/h2,5,10,14H,3-4,6-9,12H2,1H3.